The van der Waals surface area contributed by atoms with E-state index in [4.69, 9.17) is 28.4 Å². The van der Waals surface area contributed by atoms with Crippen LogP contribution in [0.2, 0.25) is 0 Å². The highest BCUT2D eigenvalue weighted by molar-refractivity contribution is 5.30. The van der Waals surface area contributed by atoms with Crippen molar-refractivity contribution >= 4 is 0 Å². The fraction of sp³-hybridized carbons (Fsp3) is 0.947. The molecule has 9 N–H and O–H groups in total. The highest BCUT2D eigenvalue weighted by Crippen LogP contribution is 2.73. The molecule has 7 fully saturated rings. The SMILES string of the molecule is C=C1C[C@@]23CC[C@@H]4C(C)(C)CCC[C@@]4(C)[C@@H]2CC[C@]1(OC1OC(CO)C(O)C(OC2OC(CO)CC(O)C2O)C1OC1OC(CO)C(O)C(O)C1O)C3. The molecule has 19 atom stereocenters. The van der Waals surface area contributed by atoms with Crippen molar-refractivity contribution in [3.05, 3.63) is 12.2 Å². The molecule has 4 aliphatic carbocycles. The molecule has 0 aromatic heterocycles. The van der Waals surface area contributed by atoms with Gasteiger partial charge in [0, 0.05) is 6.42 Å². The van der Waals surface area contributed by atoms with Gasteiger partial charge >= 0.3 is 0 Å². The number of rotatable bonds is 9. The molecule has 0 amide bonds. The molecule has 7 rings (SSSR count). The maximum absolute atomic E-state index is 11.6. The van der Waals surface area contributed by atoms with E-state index in [2.05, 4.69) is 27.4 Å². The van der Waals surface area contributed by atoms with Gasteiger partial charge in [-0.2, -0.15) is 0 Å². The lowest BCUT2D eigenvalue weighted by Crippen LogP contribution is -2.67. The number of ether oxygens (including phenoxy) is 6. The van der Waals surface area contributed by atoms with E-state index in [1.807, 2.05) is 0 Å². The van der Waals surface area contributed by atoms with Gasteiger partial charge in [0.1, 0.15) is 54.9 Å². The number of hydrogen-bond acceptors (Lipinski definition) is 15. The average molecular weight is 759 g/mol. The molecule has 15 heteroatoms. The van der Waals surface area contributed by atoms with E-state index in [1.165, 1.54) is 19.3 Å². The van der Waals surface area contributed by atoms with Gasteiger partial charge in [-0.3, -0.25) is 0 Å². The molecule has 4 saturated carbocycles. The van der Waals surface area contributed by atoms with E-state index >= 15 is 0 Å². The van der Waals surface area contributed by atoms with Crippen molar-refractivity contribution in [3.63, 3.8) is 0 Å². The summed E-state index contributed by atoms with van der Waals surface area (Å²) in [5.74, 6) is 1.09. The van der Waals surface area contributed by atoms with Gasteiger partial charge in [0.2, 0.25) is 0 Å². The molecule has 14 unspecified atom stereocenters. The molecular formula is C38H62O15. The van der Waals surface area contributed by atoms with Gasteiger partial charge in [0.05, 0.1) is 37.6 Å². The van der Waals surface area contributed by atoms with Crippen LogP contribution in [0.1, 0.15) is 85.0 Å². The summed E-state index contributed by atoms with van der Waals surface area (Å²) in [6, 6.07) is 0. The maximum Gasteiger partial charge on any atom is 0.188 e. The quantitative estimate of drug-likeness (QED) is 0.107. The summed E-state index contributed by atoms with van der Waals surface area (Å²) in [5, 5.41) is 95.2. The smallest absolute Gasteiger partial charge is 0.188 e. The Bertz CT molecular complexity index is 1320. The summed E-state index contributed by atoms with van der Waals surface area (Å²) in [5.41, 5.74) is 0.430. The summed E-state index contributed by atoms with van der Waals surface area (Å²) in [4.78, 5) is 0. The first-order chi connectivity index (χ1) is 25.0. The van der Waals surface area contributed by atoms with Crippen LogP contribution in [0, 0.1) is 28.1 Å². The lowest BCUT2D eigenvalue weighted by Gasteiger charge is -2.64. The third-order valence-electron chi connectivity index (χ3n) is 14.7. The Morgan fingerprint density at radius 1 is 0.679 bits per heavy atom. The third-order valence-corrected chi connectivity index (χ3v) is 14.7. The van der Waals surface area contributed by atoms with Crippen LogP contribution >= 0.6 is 0 Å². The van der Waals surface area contributed by atoms with Crippen molar-refractivity contribution < 1.29 is 74.4 Å². The highest BCUT2D eigenvalue weighted by Gasteiger charge is 2.68. The Balaban J connectivity index is 1.21. The highest BCUT2D eigenvalue weighted by atomic mass is 16.8. The zero-order valence-corrected chi connectivity index (χ0v) is 31.1. The standard InChI is InChI=1S/C38H62O15/c1-18-13-37-10-6-23-35(2,3)8-5-9-36(23,4)24(37)7-11-38(18,17-37)53-34-31(52-33-29(47)28(46)26(44)21(15-40)49-33)30(27(45)22(16-41)50-34)51-32-25(43)20(42)12-19(14-39)48-32/h19-34,39-47H,1,5-17H2,2-4H3/t19?,20?,21?,22?,23-,24+,25?,26?,27?,28?,29?,30?,31?,32?,33?,34?,36-,37-,38+/m1/s1. The Morgan fingerprint density at radius 2 is 1.32 bits per heavy atom. The predicted octanol–water partition coefficient (Wildman–Crippen LogP) is -0.408. The maximum atomic E-state index is 11.6. The molecule has 53 heavy (non-hydrogen) atoms. The van der Waals surface area contributed by atoms with Crippen LogP contribution in [0.15, 0.2) is 12.2 Å². The average Bonchev–Trinajstić information content (AvgIpc) is 3.31. The molecular weight excluding hydrogens is 696 g/mol. The van der Waals surface area contributed by atoms with Gasteiger partial charge in [-0.15, -0.1) is 0 Å². The number of fused-ring (bicyclic) bond motifs is 3. The summed E-state index contributed by atoms with van der Waals surface area (Å²) < 4.78 is 37.2. The van der Waals surface area contributed by atoms with Crippen LogP contribution in [-0.2, 0) is 28.4 Å². The molecule has 3 saturated heterocycles. The normalized spacial score (nSPS) is 53.9. The van der Waals surface area contributed by atoms with Crippen LogP contribution < -0.4 is 0 Å². The number of hydrogen-bond donors (Lipinski definition) is 9. The molecule has 0 aromatic rings. The summed E-state index contributed by atoms with van der Waals surface area (Å²) in [7, 11) is 0. The van der Waals surface area contributed by atoms with Gasteiger partial charge < -0.3 is 74.4 Å². The Hall–Kier alpha value is -0.860. The van der Waals surface area contributed by atoms with E-state index < -0.39 is 111 Å². The lowest BCUT2D eigenvalue weighted by atomic mass is 9.41. The van der Waals surface area contributed by atoms with Crippen LogP contribution in [0.3, 0.4) is 0 Å². The van der Waals surface area contributed by atoms with E-state index in [9.17, 15) is 46.0 Å². The molecule has 1 spiro atoms. The molecule has 2 bridgehead atoms. The summed E-state index contributed by atoms with van der Waals surface area (Å²) in [6.07, 6.45) is -12.4. The minimum atomic E-state index is -1.83. The minimum absolute atomic E-state index is 0.0441. The number of aliphatic hydroxyl groups is 9. The second-order valence-electron chi connectivity index (χ2n) is 18.2. The summed E-state index contributed by atoms with van der Waals surface area (Å²) in [6.45, 7) is 10.0. The van der Waals surface area contributed by atoms with E-state index in [1.54, 1.807) is 0 Å². The van der Waals surface area contributed by atoms with E-state index in [-0.39, 0.29) is 22.7 Å². The molecule has 0 radical (unpaired) electrons. The van der Waals surface area contributed by atoms with Crippen LogP contribution in [0.4, 0.5) is 0 Å². The second-order valence-corrected chi connectivity index (χ2v) is 18.2. The van der Waals surface area contributed by atoms with Crippen LogP contribution in [0.5, 0.6) is 0 Å². The largest absolute Gasteiger partial charge is 0.394 e. The van der Waals surface area contributed by atoms with E-state index in [0.717, 1.165) is 31.3 Å². The van der Waals surface area contributed by atoms with Gasteiger partial charge in [0.25, 0.3) is 0 Å². The van der Waals surface area contributed by atoms with Crippen molar-refractivity contribution in [2.75, 3.05) is 19.8 Å². The summed E-state index contributed by atoms with van der Waals surface area (Å²) >= 11 is 0. The molecule has 3 aliphatic heterocycles. The molecule has 304 valence electrons. The van der Waals surface area contributed by atoms with Crippen molar-refractivity contribution in [2.45, 2.75) is 177 Å². The Morgan fingerprint density at radius 3 is 2.02 bits per heavy atom. The van der Waals surface area contributed by atoms with Crippen molar-refractivity contribution in [2.24, 2.45) is 28.1 Å². The first-order valence-corrected chi connectivity index (χ1v) is 19.6. The van der Waals surface area contributed by atoms with Gasteiger partial charge in [0.15, 0.2) is 18.9 Å². The van der Waals surface area contributed by atoms with Crippen molar-refractivity contribution in [3.8, 4) is 0 Å². The zero-order valence-electron chi connectivity index (χ0n) is 31.1. The second kappa shape index (κ2) is 14.8. The van der Waals surface area contributed by atoms with Crippen LogP contribution in [-0.4, -0.2) is 157 Å². The molecule has 0 aromatic carbocycles. The monoisotopic (exact) mass is 758 g/mol. The predicted molar refractivity (Wildman–Crippen MR) is 183 cm³/mol. The lowest BCUT2D eigenvalue weighted by molar-refractivity contribution is -0.397. The fourth-order valence-electron chi connectivity index (χ4n) is 12.1. The molecule has 15 nitrogen and oxygen atoms in total. The van der Waals surface area contributed by atoms with Crippen molar-refractivity contribution in [1.29, 1.82) is 0 Å². The fourth-order valence-corrected chi connectivity index (χ4v) is 12.1. The van der Waals surface area contributed by atoms with E-state index in [0.29, 0.717) is 24.7 Å². The molecule has 7 aliphatic rings. The Labute approximate surface area is 310 Å². The first kappa shape index (κ1) is 40.3. The third kappa shape index (κ3) is 6.76. The van der Waals surface area contributed by atoms with Gasteiger partial charge in [-0.1, -0.05) is 33.8 Å². The van der Waals surface area contributed by atoms with Crippen LogP contribution in [0.25, 0.3) is 0 Å². The van der Waals surface area contributed by atoms with Gasteiger partial charge in [-0.25, -0.2) is 0 Å². The topological polar surface area (TPSA) is 237 Å². The molecule has 3 heterocycles. The first-order valence-electron chi connectivity index (χ1n) is 19.6. The zero-order chi connectivity index (χ0) is 38.2. The van der Waals surface area contributed by atoms with Gasteiger partial charge in [-0.05, 0) is 85.0 Å². The minimum Gasteiger partial charge on any atom is -0.394 e. The van der Waals surface area contributed by atoms with Crippen molar-refractivity contribution in [1.82, 2.24) is 0 Å². The number of aliphatic hydroxyl groups excluding tert-OH is 9. The Kier molecular flexibility index (Phi) is 11.3.